The van der Waals surface area contributed by atoms with Gasteiger partial charge in [-0.2, -0.15) is 0 Å². The third-order valence-corrected chi connectivity index (χ3v) is 4.47. The van der Waals surface area contributed by atoms with Crippen molar-refractivity contribution in [1.82, 2.24) is 4.98 Å². The number of benzene rings is 1. The van der Waals surface area contributed by atoms with Gasteiger partial charge < -0.3 is 15.1 Å². The van der Waals surface area contributed by atoms with Crippen molar-refractivity contribution in [3.63, 3.8) is 0 Å². The van der Waals surface area contributed by atoms with E-state index in [0.717, 1.165) is 0 Å². The van der Waals surface area contributed by atoms with E-state index in [2.05, 4.69) is 15.6 Å². The molecule has 3 aromatic rings. The topological polar surface area (TPSA) is 84.2 Å². The maximum atomic E-state index is 12.4. The zero-order chi connectivity index (χ0) is 17.8. The quantitative estimate of drug-likeness (QED) is 0.679. The number of nitrogens with zero attached hydrogens (tertiary/aromatic N) is 1. The summed E-state index contributed by atoms with van der Waals surface area (Å²) in [4.78, 5) is 28.1. The van der Waals surface area contributed by atoms with Gasteiger partial charge in [0.1, 0.15) is 5.69 Å². The number of amides is 2. The van der Waals surface area contributed by atoms with Crippen LogP contribution >= 0.6 is 22.9 Å². The van der Waals surface area contributed by atoms with Crippen LogP contribution in [0.2, 0.25) is 5.02 Å². The number of nitrogens with one attached hydrogen (secondary N) is 2. The molecule has 0 bridgehead atoms. The first-order chi connectivity index (χ1) is 12.1. The number of carbonyl (C=O) groups excluding carboxylic acids is 2. The second-order valence-corrected chi connectivity index (χ2v) is 6.33. The van der Waals surface area contributed by atoms with Crippen LogP contribution in [0.15, 0.2) is 46.4 Å². The standard InChI is InChI=1S/C17H14ClN3O3S/c1-2-15(22)19-10-5-6-11(18)12(8-10)20-16(23)13-9-25-17(21-13)14-4-3-7-24-14/h3-9H,2H2,1H3,(H,19,22)(H,20,23). The molecule has 0 fully saturated rings. The predicted octanol–water partition coefficient (Wildman–Crippen LogP) is 4.66. The Morgan fingerprint density at radius 1 is 1.28 bits per heavy atom. The van der Waals surface area contributed by atoms with E-state index in [4.69, 9.17) is 16.0 Å². The summed E-state index contributed by atoms with van der Waals surface area (Å²) in [5, 5.41) is 8.05. The molecule has 0 unspecified atom stereocenters. The molecule has 0 atom stereocenters. The number of halogens is 1. The number of carbonyl (C=O) groups is 2. The number of furan rings is 1. The van der Waals surface area contributed by atoms with Crippen LogP contribution in [-0.4, -0.2) is 16.8 Å². The van der Waals surface area contributed by atoms with E-state index in [1.165, 1.54) is 11.3 Å². The molecule has 8 heteroatoms. The van der Waals surface area contributed by atoms with Gasteiger partial charge in [0.15, 0.2) is 10.8 Å². The Bertz CT molecular complexity index is 906. The highest BCUT2D eigenvalue weighted by molar-refractivity contribution is 7.13. The lowest BCUT2D eigenvalue weighted by Crippen LogP contribution is -2.14. The minimum absolute atomic E-state index is 0.123. The van der Waals surface area contributed by atoms with Crippen molar-refractivity contribution in [3.8, 4) is 10.8 Å². The summed E-state index contributed by atoms with van der Waals surface area (Å²) in [6, 6.07) is 8.42. The van der Waals surface area contributed by atoms with Gasteiger partial charge >= 0.3 is 0 Å². The third-order valence-electron chi connectivity index (χ3n) is 3.29. The van der Waals surface area contributed by atoms with Gasteiger partial charge in [0.05, 0.1) is 17.0 Å². The van der Waals surface area contributed by atoms with Gasteiger partial charge in [0, 0.05) is 17.5 Å². The highest BCUT2D eigenvalue weighted by Crippen LogP contribution is 2.28. The summed E-state index contributed by atoms with van der Waals surface area (Å²) in [7, 11) is 0. The molecule has 0 radical (unpaired) electrons. The van der Waals surface area contributed by atoms with Crippen molar-refractivity contribution in [1.29, 1.82) is 0 Å². The van der Waals surface area contributed by atoms with Crippen LogP contribution in [0.25, 0.3) is 10.8 Å². The van der Waals surface area contributed by atoms with Gasteiger partial charge in [-0.15, -0.1) is 11.3 Å². The molecule has 2 aromatic heterocycles. The largest absolute Gasteiger partial charge is 0.462 e. The van der Waals surface area contributed by atoms with E-state index >= 15 is 0 Å². The second kappa shape index (κ2) is 7.50. The molecule has 0 aliphatic rings. The maximum absolute atomic E-state index is 12.4. The summed E-state index contributed by atoms with van der Waals surface area (Å²) >= 11 is 7.43. The fraction of sp³-hybridized carbons (Fsp3) is 0.118. The molecule has 2 heterocycles. The molecule has 0 saturated carbocycles. The summed E-state index contributed by atoms with van der Waals surface area (Å²) in [5.41, 5.74) is 1.21. The molecule has 3 rings (SSSR count). The second-order valence-electron chi connectivity index (χ2n) is 5.07. The Morgan fingerprint density at radius 2 is 2.12 bits per heavy atom. The minimum Gasteiger partial charge on any atom is -0.462 e. The van der Waals surface area contributed by atoms with Crippen molar-refractivity contribution < 1.29 is 14.0 Å². The first-order valence-corrected chi connectivity index (χ1v) is 8.72. The van der Waals surface area contributed by atoms with Crippen LogP contribution in [0.1, 0.15) is 23.8 Å². The zero-order valence-corrected chi connectivity index (χ0v) is 14.8. The van der Waals surface area contributed by atoms with Crippen LogP contribution < -0.4 is 10.6 Å². The first kappa shape index (κ1) is 17.2. The first-order valence-electron chi connectivity index (χ1n) is 7.47. The van der Waals surface area contributed by atoms with Crippen LogP contribution in [0, 0.1) is 0 Å². The van der Waals surface area contributed by atoms with Gasteiger partial charge in [0.25, 0.3) is 5.91 Å². The average Bonchev–Trinajstić information content (AvgIpc) is 3.28. The molecule has 128 valence electrons. The molecule has 0 aliphatic heterocycles. The summed E-state index contributed by atoms with van der Waals surface area (Å²) in [6.45, 7) is 1.76. The monoisotopic (exact) mass is 375 g/mol. The molecule has 2 N–H and O–H groups in total. The number of hydrogen-bond acceptors (Lipinski definition) is 5. The number of hydrogen-bond donors (Lipinski definition) is 2. The molecule has 2 amide bonds. The van der Waals surface area contributed by atoms with Gasteiger partial charge in [-0.25, -0.2) is 4.98 Å². The van der Waals surface area contributed by atoms with Crippen LogP contribution in [0.4, 0.5) is 11.4 Å². The van der Waals surface area contributed by atoms with Gasteiger partial charge in [0.2, 0.25) is 5.91 Å². The Kier molecular flexibility index (Phi) is 5.16. The predicted molar refractivity (Wildman–Crippen MR) is 98.1 cm³/mol. The molecule has 6 nitrogen and oxygen atoms in total. The zero-order valence-electron chi connectivity index (χ0n) is 13.2. The Balaban J connectivity index is 1.76. The summed E-state index contributed by atoms with van der Waals surface area (Å²) < 4.78 is 5.27. The highest BCUT2D eigenvalue weighted by Gasteiger charge is 2.15. The highest BCUT2D eigenvalue weighted by atomic mass is 35.5. The average molecular weight is 376 g/mol. The number of aromatic nitrogens is 1. The molecular weight excluding hydrogens is 362 g/mol. The Hall–Kier alpha value is -2.64. The maximum Gasteiger partial charge on any atom is 0.275 e. The molecule has 0 aliphatic carbocycles. The number of thiazole rings is 1. The molecule has 1 aromatic carbocycles. The fourth-order valence-electron chi connectivity index (χ4n) is 2.03. The minimum atomic E-state index is -0.394. The molecule has 25 heavy (non-hydrogen) atoms. The molecule has 0 spiro atoms. The van der Waals surface area contributed by atoms with Crippen LogP contribution in [0.5, 0.6) is 0 Å². The van der Waals surface area contributed by atoms with E-state index in [0.29, 0.717) is 33.6 Å². The smallest absolute Gasteiger partial charge is 0.275 e. The fourth-order valence-corrected chi connectivity index (χ4v) is 2.96. The summed E-state index contributed by atoms with van der Waals surface area (Å²) in [5.74, 6) is 0.0865. The van der Waals surface area contributed by atoms with Crippen molar-refractivity contribution in [2.45, 2.75) is 13.3 Å². The molecule has 0 saturated heterocycles. The Labute approximate surface area is 152 Å². The lowest BCUT2D eigenvalue weighted by Gasteiger charge is -2.09. The van der Waals surface area contributed by atoms with E-state index < -0.39 is 5.91 Å². The lowest BCUT2D eigenvalue weighted by molar-refractivity contribution is -0.115. The van der Waals surface area contributed by atoms with Crippen molar-refractivity contribution >= 4 is 46.1 Å². The van der Waals surface area contributed by atoms with E-state index in [-0.39, 0.29) is 11.6 Å². The van der Waals surface area contributed by atoms with Crippen molar-refractivity contribution in [3.05, 3.63) is 52.7 Å². The third kappa shape index (κ3) is 4.07. The van der Waals surface area contributed by atoms with Gasteiger partial charge in [-0.05, 0) is 30.3 Å². The summed E-state index contributed by atoms with van der Waals surface area (Å²) in [6.07, 6.45) is 1.91. The van der Waals surface area contributed by atoms with E-state index in [1.807, 2.05) is 0 Å². The number of anilines is 2. The van der Waals surface area contributed by atoms with Crippen LogP contribution in [-0.2, 0) is 4.79 Å². The van der Waals surface area contributed by atoms with Crippen molar-refractivity contribution in [2.24, 2.45) is 0 Å². The molecular formula is C17H14ClN3O3S. The number of rotatable bonds is 5. The SMILES string of the molecule is CCC(=O)Nc1ccc(Cl)c(NC(=O)c2csc(-c3ccco3)n2)c1. The lowest BCUT2D eigenvalue weighted by atomic mass is 10.2. The van der Waals surface area contributed by atoms with E-state index in [1.54, 1.807) is 48.9 Å². The van der Waals surface area contributed by atoms with Gasteiger partial charge in [-0.3, -0.25) is 9.59 Å². The van der Waals surface area contributed by atoms with Gasteiger partial charge in [-0.1, -0.05) is 18.5 Å². The van der Waals surface area contributed by atoms with Crippen LogP contribution in [0.3, 0.4) is 0 Å². The van der Waals surface area contributed by atoms with E-state index in [9.17, 15) is 9.59 Å². The Morgan fingerprint density at radius 3 is 2.84 bits per heavy atom. The normalized spacial score (nSPS) is 10.5. The van der Waals surface area contributed by atoms with Crippen molar-refractivity contribution in [2.75, 3.05) is 10.6 Å².